The van der Waals surface area contributed by atoms with Crippen LogP contribution in [0.2, 0.25) is 0 Å². The molecule has 1 N–H and O–H groups in total. The van der Waals surface area contributed by atoms with Gasteiger partial charge >= 0.3 is 0 Å². The number of nitrogens with zero attached hydrogens (tertiary/aromatic N) is 2. The third-order valence-corrected chi connectivity index (χ3v) is 4.62. The maximum absolute atomic E-state index is 12.2. The van der Waals surface area contributed by atoms with E-state index in [1.165, 1.54) is 17.3 Å². The Labute approximate surface area is 140 Å². The first-order valence-electron chi connectivity index (χ1n) is 7.50. The van der Waals surface area contributed by atoms with E-state index in [1.807, 2.05) is 55.1 Å². The number of aromatic nitrogens is 3. The van der Waals surface area contributed by atoms with E-state index in [0.29, 0.717) is 5.75 Å². The van der Waals surface area contributed by atoms with Gasteiger partial charge in [-0.25, -0.2) is 4.98 Å². The minimum atomic E-state index is 0.112. The molecule has 0 aliphatic heterocycles. The van der Waals surface area contributed by atoms with Gasteiger partial charge in [0.1, 0.15) is 0 Å². The third kappa shape index (κ3) is 3.74. The van der Waals surface area contributed by atoms with Crippen LogP contribution >= 0.6 is 11.8 Å². The number of thioether (sulfide) groups is 1. The molecule has 23 heavy (non-hydrogen) atoms. The highest BCUT2D eigenvalue weighted by Gasteiger charge is 2.12. The van der Waals surface area contributed by atoms with Gasteiger partial charge in [-0.1, -0.05) is 42.1 Å². The lowest BCUT2D eigenvalue weighted by molar-refractivity contribution is 0.101. The van der Waals surface area contributed by atoms with Gasteiger partial charge in [0.15, 0.2) is 10.9 Å². The molecular weight excluding hydrogens is 306 g/mol. The fourth-order valence-corrected chi connectivity index (χ4v) is 3.27. The predicted octanol–water partition coefficient (Wildman–Crippen LogP) is 3.62. The van der Waals surface area contributed by atoms with E-state index in [-0.39, 0.29) is 5.78 Å². The lowest BCUT2D eigenvalue weighted by Crippen LogP contribution is -2.07. The van der Waals surface area contributed by atoms with Crippen molar-refractivity contribution in [3.63, 3.8) is 0 Å². The van der Waals surface area contributed by atoms with E-state index >= 15 is 0 Å². The monoisotopic (exact) mass is 325 g/mol. The predicted molar refractivity (Wildman–Crippen MR) is 93.0 cm³/mol. The van der Waals surface area contributed by atoms with E-state index in [0.717, 1.165) is 28.7 Å². The maximum atomic E-state index is 12.2. The number of hydrogen-bond donors (Lipinski definition) is 1. The van der Waals surface area contributed by atoms with Crippen LogP contribution in [0.25, 0.3) is 0 Å². The average molecular weight is 325 g/mol. The summed E-state index contributed by atoms with van der Waals surface area (Å²) in [5.41, 5.74) is 4.05. The van der Waals surface area contributed by atoms with Crippen molar-refractivity contribution in [2.45, 2.75) is 18.5 Å². The number of carbonyl (C=O) groups excluding carboxylic acids is 1. The smallest absolute Gasteiger partial charge is 0.189 e. The Hall–Kier alpha value is -2.27. The normalized spacial score (nSPS) is 10.9. The van der Waals surface area contributed by atoms with Crippen LogP contribution in [0.3, 0.4) is 0 Å². The number of Topliss-reactive ketones (excluding diaryl/α,β-unsaturated/α-hetero) is 1. The number of benzene rings is 1. The molecule has 0 amide bonds. The van der Waals surface area contributed by atoms with E-state index in [4.69, 9.17) is 0 Å². The minimum absolute atomic E-state index is 0.112. The lowest BCUT2D eigenvalue weighted by atomic mass is 10.1. The molecule has 0 aliphatic rings. The topological polar surface area (TPSA) is 50.7 Å². The van der Waals surface area contributed by atoms with Gasteiger partial charge in [-0.2, -0.15) is 0 Å². The summed E-state index contributed by atoms with van der Waals surface area (Å²) in [6.45, 7) is 2.02. The van der Waals surface area contributed by atoms with Gasteiger partial charge in [0.2, 0.25) is 0 Å². The lowest BCUT2D eigenvalue weighted by Gasteiger charge is -2.01. The summed E-state index contributed by atoms with van der Waals surface area (Å²) in [6, 6.07) is 14.0. The van der Waals surface area contributed by atoms with Crippen LogP contribution in [0.5, 0.6) is 0 Å². The maximum Gasteiger partial charge on any atom is 0.189 e. The summed E-state index contributed by atoms with van der Waals surface area (Å²) in [6.07, 6.45) is 2.68. The fourth-order valence-electron chi connectivity index (χ4n) is 2.46. The number of H-pyrrole nitrogens is 1. The zero-order chi connectivity index (χ0) is 16.2. The average Bonchev–Trinajstić information content (AvgIpc) is 3.12. The van der Waals surface area contributed by atoms with Crippen LogP contribution in [0, 0.1) is 6.92 Å². The van der Waals surface area contributed by atoms with Crippen LogP contribution in [0.4, 0.5) is 0 Å². The number of hydrogen-bond acceptors (Lipinski definition) is 3. The molecule has 0 radical (unpaired) electrons. The van der Waals surface area contributed by atoms with Gasteiger partial charge in [0, 0.05) is 25.4 Å². The van der Waals surface area contributed by atoms with Crippen molar-refractivity contribution in [2.24, 2.45) is 7.05 Å². The Morgan fingerprint density at radius 2 is 2.00 bits per heavy atom. The summed E-state index contributed by atoms with van der Waals surface area (Å²) < 4.78 is 1.84. The summed E-state index contributed by atoms with van der Waals surface area (Å²) >= 11 is 1.45. The van der Waals surface area contributed by atoms with Crippen LogP contribution in [-0.4, -0.2) is 26.1 Å². The quantitative estimate of drug-likeness (QED) is 0.556. The molecule has 3 aromatic rings. The van der Waals surface area contributed by atoms with Crippen LogP contribution in [0.1, 0.15) is 27.4 Å². The third-order valence-electron chi connectivity index (χ3n) is 3.75. The number of aryl methyl sites for hydroxylation is 2. The van der Waals surface area contributed by atoms with E-state index < -0.39 is 0 Å². The molecule has 0 saturated heterocycles. The molecule has 2 heterocycles. The number of nitrogens with one attached hydrogen (secondary N) is 1. The fraction of sp³-hybridized carbons (Fsp3) is 0.222. The number of carbonyl (C=O) groups is 1. The van der Waals surface area contributed by atoms with Crippen molar-refractivity contribution in [3.05, 3.63) is 71.3 Å². The van der Waals surface area contributed by atoms with Crippen LogP contribution in [0.15, 0.2) is 53.8 Å². The Balaban J connectivity index is 1.64. The van der Waals surface area contributed by atoms with Crippen LogP contribution < -0.4 is 0 Å². The second-order valence-corrected chi connectivity index (χ2v) is 6.46. The first-order chi connectivity index (χ1) is 11.1. The van der Waals surface area contributed by atoms with E-state index in [2.05, 4.69) is 22.1 Å². The van der Waals surface area contributed by atoms with Crippen molar-refractivity contribution in [3.8, 4) is 0 Å². The number of imidazole rings is 1. The van der Waals surface area contributed by atoms with Crippen molar-refractivity contribution >= 4 is 17.5 Å². The van der Waals surface area contributed by atoms with Crippen molar-refractivity contribution in [1.82, 2.24) is 14.5 Å². The van der Waals surface area contributed by atoms with Crippen molar-refractivity contribution < 1.29 is 4.79 Å². The Bertz CT molecular complexity index is 805. The summed E-state index contributed by atoms with van der Waals surface area (Å²) in [4.78, 5) is 20.1. The summed E-state index contributed by atoms with van der Waals surface area (Å²) in [7, 11) is 1.88. The molecule has 0 atom stereocenters. The molecule has 118 valence electrons. The minimum Gasteiger partial charge on any atom is -0.348 e. The molecule has 1 aromatic carbocycles. The largest absolute Gasteiger partial charge is 0.348 e. The van der Waals surface area contributed by atoms with Crippen LogP contribution in [-0.2, 0) is 13.5 Å². The second-order valence-electron chi connectivity index (χ2n) is 5.49. The molecule has 3 rings (SSSR count). The first kappa shape index (κ1) is 15.6. The number of aromatic amines is 1. The Morgan fingerprint density at radius 1 is 1.22 bits per heavy atom. The highest BCUT2D eigenvalue weighted by molar-refractivity contribution is 7.99. The highest BCUT2D eigenvalue weighted by atomic mass is 32.2. The van der Waals surface area contributed by atoms with E-state index in [1.54, 1.807) is 0 Å². The molecule has 2 aromatic heterocycles. The van der Waals surface area contributed by atoms with Crippen molar-refractivity contribution in [2.75, 3.05) is 5.75 Å². The van der Waals surface area contributed by atoms with E-state index in [9.17, 15) is 4.79 Å². The first-order valence-corrected chi connectivity index (χ1v) is 8.49. The summed E-state index contributed by atoms with van der Waals surface area (Å²) in [5.74, 6) is 0.497. The second kappa shape index (κ2) is 6.87. The number of rotatable bonds is 6. The molecule has 0 spiro atoms. The van der Waals surface area contributed by atoms with Gasteiger partial charge in [-0.3, -0.25) is 4.79 Å². The summed E-state index contributed by atoms with van der Waals surface area (Å²) in [5, 5.41) is 0.802. The Kier molecular flexibility index (Phi) is 4.67. The standard InChI is InChI=1S/C18H19N3OS/c1-13-15(11-14-7-4-3-5-8-14)20-18(19-13)23-12-17(22)16-9-6-10-21(16)2/h3-10H,11-12H2,1-2H3,(H,19,20). The molecule has 0 fully saturated rings. The van der Waals surface area contributed by atoms with Gasteiger partial charge in [0.25, 0.3) is 0 Å². The molecule has 0 bridgehead atoms. The Morgan fingerprint density at radius 3 is 2.70 bits per heavy atom. The molecular formula is C18H19N3OS. The molecule has 0 saturated carbocycles. The molecule has 5 heteroatoms. The van der Waals surface area contributed by atoms with Gasteiger partial charge in [-0.15, -0.1) is 0 Å². The van der Waals surface area contributed by atoms with Gasteiger partial charge < -0.3 is 9.55 Å². The van der Waals surface area contributed by atoms with Gasteiger partial charge in [0.05, 0.1) is 17.1 Å². The molecule has 4 nitrogen and oxygen atoms in total. The zero-order valence-electron chi connectivity index (χ0n) is 13.2. The molecule has 0 aliphatic carbocycles. The molecule has 0 unspecified atom stereocenters. The van der Waals surface area contributed by atoms with Gasteiger partial charge in [-0.05, 0) is 24.6 Å². The highest BCUT2D eigenvalue weighted by Crippen LogP contribution is 2.20. The number of ketones is 1. The van der Waals surface area contributed by atoms with Crippen molar-refractivity contribution in [1.29, 1.82) is 0 Å². The SMILES string of the molecule is Cc1[nH]c(SCC(=O)c2cccn2C)nc1Cc1ccccc1. The zero-order valence-corrected chi connectivity index (χ0v) is 14.1.